The average Bonchev–Trinajstić information content (AvgIpc) is 2.79. The first-order valence-electron chi connectivity index (χ1n) is 9.90. The van der Waals surface area contributed by atoms with Gasteiger partial charge in [-0.3, -0.25) is 9.29 Å². The van der Waals surface area contributed by atoms with E-state index in [0.29, 0.717) is 24.5 Å². The van der Waals surface area contributed by atoms with Crippen molar-refractivity contribution in [2.45, 2.75) is 4.90 Å². The number of pyridine rings is 1. The number of sulfonamides is 1. The molecule has 0 atom stereocenters. The summed E-state index contributed by atoms with van der Waals surface area (Å²) in [6.07, 6.45) is 7.33. The van der Waals surface area contributed by atoms with Crippen LogP contribution in [0.25, 0.3) is 12.2 Å². The lowest BCUT2D eigenvalue weighted by molar-refractivity contribution is 0.414. The highest BCUT2D eigenvalue weighted by atomic mass is 35.5. The average molecular weight is 474 g/mol. The summed E-state index contributed by atoms with van der Waals surface area (Å²) in [5.74, 6) is 0.611. The Morgan fingerprint density at radius 3 is 2.19 bits per heavy atom. The monoisotopic (exact) mass is 473 g/mol. The zero-order valence-corrected chi connectivity index (χ0v) is 20.0. The van der Waals surface area contributed by atoms with Crippen molar-refractivity contribution in [3.8, 4) is 5.75 Å². The summed E-state index contributed by atoms with van der Waals surface area (Å²) in [6.45, 7) is 0.902. The molecule has 1 heterocycles. The van der Waals surface area contributed by atoms with E-state index in [1.165, 1.54) is 4.31 Å². The zero-order valence-electron chi connectivity index (χ0n) is 18.4. The maximum Gasteiger partial charge on any atom is 0.264 e. The molecule has 0 unspecified atom stereocenters. The minimum absolute atomic E-state index is 0. The highest BCUT2D eigenvalue weighted by molar-refractivity contribution is 7.92. The Morgan fingerprint density at radius 1 is 0.906 bits per heavy atom. The molecule has 1 aromatic heterocycles. The predicted molar refractivity (Wildman–Crippen MR) is 133 cm³/mol. The van der Waals surface area contributed by atoms with Crippen LogP contribution in [0.15, 0.2) is 78.0 Å². The van der Waals surface area contributed by atoms with Crippen molar-refractivity contribution in [2.75, 3.05) is 38.6 Å². The molecule has 0 bridgehead atoms. The van der Waals surface area contributed by atoms with Crippen LogP contribution in [0.2, 0.25) is 0 Å². The molecule has 0 saturated carbocycles. The van der Waals surface area contributed by atoms with Crippen molar-refractivity contribution in [1.82, 2.24) is 9.88 Å². The molecule has 3 aromatic rings. The number of anilines is 1. The summed E-state index contributed by atoms with van der Waals surface area (Å²) < 4.78 is 33.9. The number of hydrogen-bond donors (Lipinski definition) is 0. The smallest absolute Gasteiger partial charge is 0.264 e. The Bertz CT molecular complexity index is 1120. The zero-order chi connectivity index (χ0) is 22.3. The van der Waals surface area contributed by atoms with Crippen LogP contribution in [0.3, 0.4) is 0 Å². The van der Waals surface area contributed by atoms with E-state index in [-0.39, 0.29) is 17.3 Å². The number of halogens is 1. The van der Waals surface area contributed by atoms with Gasteiger partial charge in [-0.05, 0) is 67.7 Å². The standard InChI is InChI=1S/C24H27N3O3S.ClH/c1-26(2)18-19-27(31(28,29)23-12-10-22(30-3)11-13-23)24-7-5-4-6-21(24)9-8-20-14-16-25-17-15-20;/h4-17H,18-19H2,1-3H3;1H/b9-8+;. The van der Waals surface area contributed by atoms with Crippen LogP contribution in [0.1, 0.15) is 11.1 Å². The summed E-state index contributed by atoms with van der Waals surface area (Å²) >= 11 is 0. The topological polar surface area (TPSA) is 62.7 Å². The fourth-order valence-corrected chi connectivity index (χ4v) is 4.53. The van der Waals surface area contributed by atoms with E-state index in [1.54, 1.807) is 43.8 Å². The molecule has 0 saturated heterocycles. The van der Waals surface area contributed by atoms with E-state index in [0.717, 1.165) is 11.1 Å². The van der Waals surface area contributed by atoms with Gasteiger partial charge in [0.1, 0.15) is 5.75 Å². The van der Waals surface area contributed by atoms with Crippen molar-refractivity contribution < 1.29 is 13.2 Å². The number of methoxy groups -OCH3 is 1. The van der Waals surface area contributed by atoms with Crippen LogP contribution in [0.5, 0.6) is 5.75 Å². The number of aromatic nitrogens is 1. The van der Waals surface area contributed by atoms with Gasteiger partial charge in [-0.1, -0.05) is 30.4 Å². The minimum Gasteiger partial charge on any atom is -0.497 e. The first-order chi connectivity index (χ1) is 14.9. The second kappa shape index (κ2) is 11.7. The lowest BCUT2D eigenvalue weighted by Crippen LogP contribution is -2.37. The predicted octanol–water partition coefficient (Wildman–Crippen LogP) is 4.44. The van der Waals surface area contributed by atoms with E-state index in [2.05, 4.69) is 4.98 Å². The molecule has 3 rings (SSSR count). The third-order valence-electron chi connectivity index (χ3n) is 4.76. The van der Waals surface area contributed by atoms with Gasteiger partial charge in [-0.2, -0.15) is 0 Å². The third-order valence-corrected chi connectivity index (χ3v) is 6.59. The van der Waals surface area contributed by atoms with Gasteiger partial charge < -0.3 is 9.64 Å². The van der Waals surface area contributed by atoms with Gasteiger partial charge in [0.15, 0.2) is 0 Å². The van der Waals surface area contributed by atoms with Gasteiger partial charge in [0, 0.05) is 25.5 Å². The Hall–Kier alpha value is -2.87. The van der Waals surface area contributed by atoms with Crippen molar-refractivity contribution in [3.05, 3.63) is 84.2 Å². The van der Waals surface area contributed by atoms with Crippen molar-refractivity contribution in [1.29, 1.82) is 0 Å². The first kappa shape index (κ1) is 25.4. The molecule has 6 nitrogen and oxygen atoms in total. The molecule has 0 aliphatic rings. The second-order valence-corrected chi connectivity index (χ2v) is 9.09. The molecule has 0 amide bonds. The quantitative estimate of drug-likeness (QED) is 0.459. The number of para-hydroxylation sites is 1. The van der Waals surface area contributed by atoms with E-state index < -0.39 is 10.0 Å². The van der Waals surface area contributed by atoms with Crippen LogP contribution in [-0.2, 0) is 10.0 Å². The van der Waals surface area contributed by atoms with Gasteiger partial charge in [-0.15, -0.1) is 12.4 Å². The molecule has 0 radical (unpaired) electrons. The molecule has 170 valence electrons. The normalized spacial score (nSPS) is 11.4. The fourth-order valence-electron chi connectivity index (χ4n) is 3.05. The Labute approximate surface area is 196 Å². The Balaban J connectivity index is 0.00000363. The van der Waals surface area contributed by atoms with Crippen LogP contribution in [0.4, 0.5) is 5.69 Å². The van der Waals surface area contributed by atoms with Crippen LogP contribution in [-0.4, -0.2) is 52.6 Å². The van der Waals surface area contributed by atoms with Gasteiger partial charge >= 0.3 is 0 Å². The number of rotatable bonds is 9. The summed E-state index contributed by atoms with van der Waals surface area (Å²) in [5.41, 5.74) is 2.43. The maximum absolute atomic E-state index is 13.6. The van der Waals surface area contributed by atoms with Crippen LogP contribution < -0.4 is 9.04 Å². The Morgan fingerprint density at radius 2 is 1.56 bits per heavy atom. The second-order valence-electron chi connectivity index (χ2n) is 7.23. The molecule has 0 spiro atoms. The molecular formula is C24H28ClN3O3S. The van der Waals surface area contributed by atoms with Gasteiger partial charge in [0.2, 0.25) is 0 Å². The minimum atomic E-state index is -3.77. The molecule has 0 N–H and O–H groups in total. The molecular weight excluding hydrogens is 446 g/mol. The van der Waals surface area contributed by atoms with Crippen molar-refractivity contribution in [2.24, 2.45) is 0 Å². The van der Waals surface area contributed by atoms with E-state index in [4.69, 9.17) is 4.74 Å². The number of benzene rings is 2. The lowest BCUT2D eigenvalue weighted by Gasteiger charge is -2.27. The fraction of sp³-hybridized carbons (Fsp3) is 0.208. The summed E-state index contributed by atoms with van der Waals surface area (Å²) in [7, 11) is 1.63. The molecule has 32 heavy (non-hydrogen) atoms. The van der Waals surface area contributed by atoms with Crippen molar-refractivity contribution in [3.63, 3.8) is 0 Å². The third kappa shape index (κ3) is 6.32. The molecule has 8 heteroatoms. The molecule has 2 aromatic carbocycles. The first-order valence-corrected chi connectivity index (χ1v) is 11.3. The maximum atomic E-state index is 13.6. The van der Waals surface area contributed by atoms with E-state index >= 15 is 0 Å². The number of likely N-dealkylation sites (N-methyl/N-ethyl adjacent to an activating group) is 1. The molecule has 0 aliphatic heterocycles. The van der Waals surface area contributed by atoms with Crippen LogP contribution in [0, 0.1) is 0 Å². The summed E-state index contributed by atoms with van der Waals surface area (Å²) in [4.78, 5) is 6.22. The highest BCUT2D eigenvalue weighted by Gasteiger charge is 2.26. The molecule has 0 aliphatic carbocycles. The summed E-state index contributed by atoms with van der Waals surface area (Å²) in [6, 6.07) is 17.8. The van der Waals surface area contributed by atoms with E-state index in [1.807, 2.05) is 67.5 Å². The number of hydrogen-bond acceptors (Lipinski definition) is 5. The van der Waals surface area contributed by atoms with E-state index in [9.17, 15) is 8.42 Å². The largest absolute Gasteiger partial charge is 0.497 e. The van der Waals surface area contributed by atoms with Crippen molar-refractivity contribution >= 4 is 40.3 Å². The van der Waals surface area contributed by atoms with Crippen LogP contribution >= 0.6 is 12.4 Å². The molecule has 0 fully saturated rings. The van der Waals surface area contributed by atoms with Gasteiger partial charge in [0.25, 0.3) is 10.0 Å². The SMILES string of the molecule is COc1ccc(S(=O)(=O)N(CCN(C)C)c2ccccc2/C=C/c2ccncc2)cc1.Cl. The highest BCUT2D eigenvalue weighted by Crippen LogP contribution is 2.29. The van der Waals surface area contributed by atoms with Gasteiger partial charge in [0.05, 0.1) is 17.7 Å². The Kier molecular flexibility index (Phi) is 9.26. The van der Waals surface area contributed by atoms with Gasteiger partial charge in [-0.25, -0.2) is 8.42 Å². The number of ether oxygens (including phenoxy) is 1. The number of nitrogens with zero attached hydrogens (tertiary/aromatic N) is 3. The lowest BCUT2D eigenvalue weighted by atomic mass is 10.1. The summed E-state index contributed by atoms with van der Waals surface area (Å²) in [5, 5.41) is 0.